The summed E-state index contributed by atoms with van der Waals surface area (Å²) < 4.78 is 38.0. The Labute approximate surface area is 236 Å². The second-order valence-electron chi connectivity index (χ2n) is 11.2. The molecule has 1 unspecified atom stereocenters. The Morgan fingerprint density at radius 3 is 1.85 bits per heavy atom. The normalized spacial score (nSPS) is 13.3. The number of hydrogen-bond acceptors (Lipinski definition) is 4. The highest BCUT2D eigenvalue weighted by atomic mass is 32.2. The zero-order valence-corrected chi connectivity index (χ0v) is 25.7. The van der Waals surface area contributed by atoms with Crippen molar-refractivity contribution in [3.63, 3.8) is 0 Å². The number of rotatable bonds is 13. The molecular weight excluding hydrogens is 521 g/mol. The Hall–Kier alpha value is -2.93. The van der Waals surface area contributed by atoms with Gasteiger partial charge >= 0.3 is 0 Å². The topological polar surface area (TPSA) is 52.6 Å². The van der Waals surface area contributed by atoms with Crippen molar-refractivity contribution in [3.05, 3.63) is 120 Å². The van der Waals surface area contributed by atoms with Gasteiger partial charge in [0.1, 0.15) is 6.10 Å². The van der Waals surface area contributed by atoms with Crippen LogP contribution in [0.25, 0.3) is 5.57 Å². The minimum atomic E-state index is -3.59. The highest BCUT2D eigenvalue weighted by Gasteiger charge is 2.36. The molecule has 208 valence electrons. The fourth-order valence-corrected chi connectivity index (χ4v) is 5.85. The lowest BCUT2D eigenvalue weighted by molar-refractivity contribution is 0.171. The van der Waals surface area contributed by atoms with Crippen LogP contribution >= 0.6 is 0 Å². The SMILES string of the molecule is CC(C)(C)[Si](C)(C)OCCCCC(C=C(c1ccccc1)c1ccccc1)O/C=C\S(=O)(=O)c1ccccc1. The molecule has 0 aliphatic rings. The van der Waals surface area contributed by atoms with E-state index in [1.165, 1.54) is 6.26 Å². The van der Waals surface area contributed by atoms with E-state index in [2.05, 4.69) is 64.2 Å². The molecule has 0 amide bonds. The Kier molecular flexibility index (Phi) is 10.9. The maximum Gasteiger partial charge on any atom is 0.202 e. The van der Waals surface area contributed by atoms with Crippen molar-refractivity contribution in [1.82, 2.24) is 0 Å². The third-order valence-electron chi connectivity index (χ3n) is 7.23. The van der Waals surface area contributed by atoms with Crippen LogP contribution in [0.2, 0.25) is 18.1 Å². The molecule has 0 saturated heterocycles. The van der Waals surface area contributed by atoms with E-state index in [4.69, 9.17) is 9.16 Å². The van der Waals surface area contributed by atoms with Crippen LogP contribution < -0.4 is 0 Å². The quantitative estimate of drug-likeness (QED) is 0.119. The van der Waals surface area contributed by atoms with Gasteiger partial charge in [0.2, 0.25) is 9.84 Å². The van der Waals surface area contributed by atoms with Gasteiger partial charge in [-0.3, -0.25) is 0 Å². The van der Waals surface area contributed by atoms with Crippen molar-refractivity contribution >= 4 is 23.7 Å². The molecular formula is C33H42O4SSi. The summed E-state index contributed by atoms with van der Waals surface area (Å²) in [4.78, 5) is 0.244. The van der Waals surface area contributed by atoms with Gasteiger partial charge in [-0.05, 0) is 72.3 Å². The van der Waals surface area contributed by atoms with Crippen molar-refractivity contribution in [2.75, 3.05) is 6.61 Å². The van der Waals surface area contributed by atoms with E-state index in [0.717, 1.165) is 48.0 Å². The summed E-state index contributed by atoms with van der Waals surface area (Å²) >= 11 is 0. The molecule has 0 aliphatic carbocycles. The van der Waals surface area contributed by atoms with Crippen molar-refractivity contribution in [3.8, 4) is 0 Å². The van der Waals surface area contributed by atoms with Gasteiger partial charge in [-0.25, -0.2) is 8.42 Å². The van der Waals surface area contributed by atoms with E-state index >= 15 is 0 Å². The van der Waals surface area contributed by atoms with Crippen LogP contribution in [0.15, 0.2) is 114 Å². The molecule has 4 nitrogen and oxygen atoms in total. The monoisotopic (exact) mass is 562 g/mol. The van der Waals surface area contributed by atoms with Gasteiger partial charge in [0.25, 0.3) is 0 Å². The molecule has 0 spiro atoms. The van der Waals surface area contributed by atoms with Gasteiger partial charge in [-0.2, -0.15) is 0 Å². The molecule has 0 bridgehead atoms. The fraction of sp³-hybridized carbons (Fsp3) is 0.333. The Bertz CT molecular complexity index is 1270. The lowest BCUT2D eigenvalue weighted by Crippen LogP contribution is -2.40. The third-order valence-corrected chi connectivity index (χ3v) is 13.2. The maximum absolute atomic E-state index is 12.8. The average molecular weight is 563 g/mol. The lowest BCUT2D eigenvalue weighted by atomic mass is 9.95. The molecule has 1 atom stereocenters. The van der Waals surface area contributed by atoms with E-state index in [1.807, 2.05) is 36.4 Å². The van der Waals surface area contributed by atoms with Crippen LogP contribution in [0, 0.1) is 0 Å². The minimum Gasteiger partial charge on any atom is -0.493 e. The third kappa shape index (κ3) is 9.34. The Morgan fingerprint density at radius 2 is 1.33 bits per heavy atom. The Balaban J connectivity index is 1.81. The second kappa shape index (κ2) is 13.9. The van der Waals surface area contributed by atoms with Crippen LogP contribution in [-0.4, -0.2) is 29.4 Å². The molecule has 3 aromatic rings. The first-order valence-electron chi connectivity index (χ1n) is 13.6. The van der Waals surface area contributed by atoms with Crippen LogP contribution in [0.5, 0.6) is 0 Å². The number of unbranched alkanes of at least 4 members (excludes halogenated alkanes) is 1. The van der Waals surface area contributed by atoms with Crippen molar-refractivity contribution < 1.29 is 17.6 Å². The van der Waals surface area contributed by atoms with Crippen molar-refractivity contribution in [2.24, 2.45) is 0 Å². The van der Waals surface area contributed by atoms with Gasteiger partial charge in [0.05, 0.1) is 16.6 Å². The van der Waals surface area contributed by atoms with Gasteiger partial charge in [0.15, 0.2) is 8.32 Å². The largest absolute Gasteiger partial charge is 0.493 e. The summed E-state index contributed by atoms with van der Waals surface area (Å²) in [6.07, 6.45) is 5.67. The van der Waals surface area contributed by atoms with E-state index in [-0.39, 0.29) is 16.0 Å². The molecule has 0 saturated carbocycles. The summed E-state index contributed by atoms with van der Waals surface area (Å²) in [5, 5.41) is 1.32. The zero-order chi connectivity index (χ0) is 28.4. The predicted octanol–water partition coefficient (Wildman–Crippen LogP) is 8.64. The van der Waals surface area contributed by atoms with E-state index < -0.39 is 18.2 Å². The molecule has 39 heavy (non-hydrogen) atoms. The van der Waals surface area contributed by atoms with Gasteiger partial charge in [0, 0.05) is 6.61 Å². The summed E-state index contributed by atoms with van der Waals surface area (Å²) in [5.41, 5.74) is 3.22. The average Bonchev–Trinajstić information content (AvgIpc) is 2.92. The lowest BCUT2D eigenvalue weighted by Gasteiger charge is -2.36. The van der Waals surface area contributed by atoms with Gasteiger partial charge in [-0.1, -0.05) is 99.6 Å². The second-order valence-corrected chi connectivity index (χ2v) is 17.9. The highest BCUT2D eigenvalue weighted by Crippen LogP contribution is 2.36. The van der Waals surface area contributed by atoms with Crippen LogP contribution in [0.4, 0.5) is 0 Å². The maximum atomic E-state index is 12.8. The van der Waals surface area contributed by atoms with Crippen molar-refractivity contribution in [2.45, 2.75) is 69.2 Å². The summed E-state index contributed by atoms with van der Waals surface area (Å²) in [7, 11) is -5.38. The smallest absolute Gasteiger partial charge is 0.202 e. The standard InChI is InChI=1S/C33H42O4SSi/c1-33(2,3)39(4,5)37-24-16-15-21-30(36-25-26-38(34,35)31-22-13-8-14-23-31)27-32(28-17-9-6-10-18-28)29-19-11-7-12-20-29/h6-14,17-20,22-23,25-27,30H,15-16,21,24H2,1-5H3/b26-25-. The van der Waals surface area contributed by atoms with E-state index in [9.17, 15) is 8.42 Å². The number of benzene rings is 3. The van der Waals surface area contributed by atoms with E-state index in [1.54, 1.807) is 30.3 Å². The zero-order valence-electron chi connectivity index (χ0n) is 23.8. The molecule has 0 aromatic heterocycles. The first-order valence-corrected chi connectivity index (χ1v) is 18.0. The summed E-state index contributed by atoms with van der Waals surface area (Å²) in [5.74, 6) is 0. The van der Waals surface area contributed by atoms with Crippen LogP contribution in [0.3, 0.4) is 0 Å². The predicted molar refractivity (Wildman–Crippen MR) is 165 cm³/mol. The number of hydrogen-bond donors (Lipinski definition) is 0. The first-order chi connectivity index (χ1) is 18.5. The summed E-state index contributed by atoms with van der Waals surface area (Å²) in [6, 6.07) is 28.8. The van der Waals surface area contributed by atoms with Crippen molar-refractivity contribution in [1.29, 1.82) is 0 Å². The molecule has 0 aliphatic heterocycles. The van der Waals surface area contributed by atoms with Gasteiger partial charge < -0.3 is 9.16 Å². The molecule has 0 heterocycles. The highest BCUT2D eigenvalue weighted by molar-refractivity contribution is 7.94. The molecule has 3 rings (SSSR count). The molecule has 0 fully saturated rings. The molecule has 3 aromatic carbocycles. The van der Waals surface area contributed by atoms with Crippen LogP contribution in [0.1, 0.15) is 51.2 Å². The van der Waals surface area contributed by atoms with Gasteiger partial charge in [-0.15, -0.1) is 0 Å². The molecule has 6 heteroatoms. The molecule has 0 N–H and O–H groups in total. The summed E-state index contributed by atoms with van der Waals surface area (Å²) in [6.45, 7) is 12.0. The van der Waals surface area contributed by atoms with E-state index in [0.29, 0.717) is 0 Å². The molecule has 0 radical (unpaired) electrons. The minimum absolute atomic E-state index is 0.177. The number of sulfone groups is 1. The fourth-order valence-electron chi connectivity index (χ4n) is 3.86. The first kappa shape index (κ1) is 30.6. The van der Waals surface area contributed by atoms with Crippen LogP contribution in [-0.2, 0) is 19.0 Å². The Morgan fingerprint density at radius 1 is 0.821 bits per heavy atom. The number of ether oxygens (including phenoxy) is 1.